The number of esters is 1. The first kappa shape index (κ1) is 21.4. The summed E-state index contributed by atoms with van der Waals surface area (Å²) >= 11 is 0. The predicted molar refractivity (Wildman–Crippen MR) is 111 cm³/mol. The van der Waals surface area contributed by atoms with Gasteiger partial charge < -0.3 is 19.8 Å². The first-order valence-corrected chi connectivity index (χ1v) is 9.95. The second-order valence-electron chi connectivity index (χ2n) is 7.07. The molecule has 0 saturated carbocycles. The van der Waals surface area contributed by atoms with Crippen LogP contribution in [0.5, 0.6) is 0 Å². The molecule has 160 valence electrons. The maximum absolute atomic E-state index is 12.5. The Balaban J connectivity index is 2.06. The highest BCUT2D eigenvalue weighted by Gasteiger charge is 2.27. The van der Waals surface area contributed by atoms with E-state index >= 15 is 0 Å². The number of fused-ring (bicyclic) bond motifs is 4. The summed E-state index contributed by atoms with van der Waals surface area (Å²) in [6.45, 7) is 3.93. The van der Waals surface area contributed by atoms with E-state index in [-0.39, 0.29) is 11.9 Å². The fraction of sp³-hybridized carbons (Fsp3) is 0.429. The lowest BCUT2D eigenvalue weighted by Gasteiger charge is -2.15. The lowest BCUT2D eigenvalue weighted by Crippen LogP contribution is -2.18. The molecule has 2 bridgehead atoms. The highest BCUT2D eigenvalue weighted by atomic mass is 16.5. The smallest absolute Gasteiger partial charge is 0.411 e. The molecule has 0 radical (unpaired) electrons. The third-order valence-corrected chi connectivity index (χ3v) is 4.93. The van der Waals surface area contributed by atoms with Crippen molar-refractivity contribution in [2.75, 3.05) is 24.4 Å². The standard InChI is InChI=1S/C21H26N4O5/c1-4-30-20(27)15-7-5-6-8-17(26)24-16-11-13(23-21(28)29-3)9-10-14(16)18-12(2)22-19(15)25-18/h9-11,15H,4-8H2,1-3H3,(H,22,25)(H,23,28)(H,24,26). The number of aromatic amines is 1. The monoisotopic (exact) mass is 414 g/mol. The van der Waals surface area contributed by atoms with E-state index < -0.39 is 12.0 Å². The molecule has 3 rings (SSSR count). The number of aromatic nitrogens is 2. The minimum atomic E-state index is -0.607. The summed E-state index contributed by atoms with van der Waals surface area (Å²) in [5.41, 5.74) is 3.07. The maximum atomic E-state index is 12.5. The zero-order valence-electron chi connectivity index (χ0n) is 17.3. The quantitative estimate of drug-likeness (QED) is 0.658. The fourth-order valence-electron chi connectivity index (χ4n) is 3.47. The molecular formula is C21H26N4O5. The number of anilines is 2. The number of benzene rings is 1. The second-order valence-corrected chi connectivity index (χ2v) is 7.07. The molecule has 1 unspecified atom stereocenters. The molecule has 1 atom stereocenters. The summed E-state index contributed by atoms with van der Waals surface area (Å²) in [6.07, 6.45) is 1.58. The van der Waals surface area contributed by atoms with Gasteiger partial charge in [-0.1, -0.05) is 6.42 Å². The van der Waals surface area contributed by atoms with Crippen molar-refractivity contribution in [2.24, 2.45) is 0 Å². The van der Waals surface area contributed by atoms with Gasteiger partial charge in [-0.25, -0.2) is 9.78 Å². The molecule has 2 heterocycles. The van der Waals surface area contributed by atoms with E-state index in [1.54, 1.807) is 25.1 Å². The zero-order chi connectivity index (χ0) is 21.7. The van der Waals surface area contributed by atoms with Crippen molar-refractivity contribution in [3.05, 3.63) is 29.7 Å². The molecule has 1 aliphatic heterocycles. The van der Waals surface area contributed by atoms with Crippen LogP contribution >= 0.6 is 0 Å². The van der Waals surface area contributed by atoms with Gasteiger partial charge in [0.1, 0.15) is 11.7 Å². The zero-order valence-corrected chi connectivity index (χ0v) is 17.3. The number of methoxy groups -OCH3 is 1. The number of carbonyl (C=O) groups excluding carboxylic acids is 3. The molecule has 0 saturated heterocycles. The molecule has 1 aromatic carbocycles. The van der Waals surface area contributed by atoms with Crippen molar-refractivity contribution in [3.63, 3.8) is 0 Å². The minimum absolute atomic E-state index is 0.145. The Hall–Kier alpha value is -3.36. The number of aryl methyl sites for hydroxylation is 1. The molecule has 2 aromatic rings. The van der Waals surface area contributed by atoms with E-state index in [2.05, 4.69) is 25.3 Å². The van der Waals surface area contributed by atoms with Crippen molar-refractivity contribution in [2.45, 2.75) is 45.4 Å². The molecular weight excluding hydrogens is 388 g/mol. The van der Waals surface area contributed by atoms with Gasteiger partial charge in [0.05, 0.1) is 25.1 Å². The van der Waals surface area contributed by atoms with Gasteiger partial charge in [-0.15, -0.1) is 0 Å². The molecule has 9 nitrogen and oxygen atoms in total. The van der Waals surface area contributed by atoms with Gasteiger partial charge in [0.15, 0.2) is 0 Å². The van der Waals surface area contributed by atoms with E-state index in [0.717, 1.165) is 5.69 Å². The van der Waals surface area contributed by atoms with Crippen LogP contribution in [0.4, 0.5) is 16.2 Å². The van der Waals surface area contributed by atoms with Crippen LogP contribution in [0.2, 0.25) is 0 Å². The van der Waals surface area contributed by atoms with Gasteiger partial charge in [0.25, 0.3) is 0 Å². The third kappa shape index (κ3) is 4.79. The molecule has 1 aromatic heterocycles. The first-order valence-electron chi connectivity index (χ1n) is 9.95. The number of nitrogens with zero attached hydrogens (tertiary/aromatic N) is 1. The van der Waals surface area contributed by atoms with Gasteiger partial charge in [-0.2, -0.15) is 0 Å². The Kier molecular flexibility index (Phi) is 6.71. The molecule has 0 fully saturated rings. The Morgan fingerprint density at radius 3 is 2.83 bits per heavy atom. The van der Waals surface area contributed by atoms with Crippen LogP contribution in [-0.2, 0) is 19.1 Å². The van der Waals surface area contributed by atoms with Crippen LogP contribution in [0, 0.1) is 6.92 Å². The summed E-state index contributed by atoms with van der Waals surface area (Å²) in [7, 11) is 1.28. The second kappa shape index (κ2) is 9.43. The SMILES string of the molecule is CCOC(=O)C1CCCCC(=O)Nc2cc(NC(=O)OC)ccc2-c2nc1[nH]c2C. The molecule has 30 heavy (non-hydrogen) atoms. The lowest BCUT2D eigenvalue weighted by atomic mass is 10.00. The van der Waals surface area contributed by atoms with Gasteiger partial charge >= 0.3 is 12.1 Å². The third-order valence-electron chi connectivity index (χ3n) is 4.93. The van der Waals surface area contributed by atoms with Crippen LogP contribution in [-0.4, -0.2) is 41.7 Å². The number of carbonyl (C=O) groups is 3. The Bertz CT molecular complexity index is 953. The van der Waals surface area contributed by atoms with E-state index in [0.29, 0.717) is 60.7 Å². The lowest BCUT2D eigenvalue weighted by molar-refractivity contribution is -0.145. The number of imidazole rings is 1. The molecule has 0 aliphatic carbocycles. The van der Waals surface area contributed by atoms with Crippen molar-refractivity contribution >= 4 is 29.3 Å². The number of H-pyrrole nitrogens is 1. The number of nitrogens with one attached hydrogen (secondary N) is 3. The maximum Gasteiger partial charge on any atom is 0.411 e. The van der Waals surface area contributed by atoms with Gasteiger partial charge in [-0.05, 0) is 44.9 Å². The van der Waals surface area contributed by atoms with Crippen LogP contribution in [0.1, 0.15) is 50.0 Å². The Morgan fingerprint density at radius 1 is 1.30 bits per heavy atom. The van der Waals surface area contributed by atoms with Crippen LogP contribution < -0.4 is 10.6 Å². The first-order chi connectivity index (χ1) is 14.4. The average molecular weight is 414 g/mol. The van der Waals surface area contributed by atoms with Gasteiger partial charge in [0, 0.05) is 23.4 Å². The molecule has 3 N–H and O–H groups in total. The molecule has 2 amide bonds. The summed E-state index contributed by atoms with van der Waals surface area (Å²) in [6, 6.07) is 5.12. The fourth-order valence-corrected chi connectivity index (χ4v) is 3.47. The van der Waals surface area contributed by atoms with Crippen LogP contribution in [0.25, 0.3) is 11.3 Å². The summed E-state index contributed by atoms with van der Waals surface area (Å²) in [5.74, 6) is -0.426. The molecule has 1 aliphatic rings. The molecule has 9 heteroatoms. The predicted octanol–water partition coefficient (Wildman–Crippen LogP) is 3.72. The summed E-state index contributed by atoms with van der Waals surface area (Å²) in [4.78, 5) is 44.4. The highest BCUT2D eigenvalue weighted by molar-refractivity contribution is 5.97. The number of ether oxygens (including phenoxy) is 2. The Labute approximate surface area is 174 Å². The number of hydrogen-bond acceptors (Lipinski definition) is 6. The summed E-state index contributed by atoms with van der Waals surface area (Å²) < 4.78 is 9.86. The molecule has 0 spiro atoms. The van der Waals surface area contributed by atoms with Gasteiger partial charge in [0.2, 0.25) is 5.91 Å². The number of hydrogen-bond donors (Lipinski definition) is 3. The van der Waals surface area contributed by atoms with Crippen molar-refractivity contribution in [1.29, 1.82) is 0 Å². The number of amides is 2. The van der Waals surface area contributed by atoms with E-state index in [4.69, 9.17) is 4.74 Å². The number of rotatable bonds is 3. The van der Waals surface area contributed by atoms with E-state index in [1.807, 2.05) is 6.92 Å². The highest BCUT2D eigenvalue weighted by Crippen LogP contribution is 2.34. The van der Waals surface area contributed by atoms with Crippen LogP contribution in [0.15, 0.2) is 18.2 Å². The van der Waals surface area contributed by atoms with E-state index in [9.17, 15) is 14.4 Å². The average Bonchev–Trinajstić information content (AvgIpc) is 3.08. The normalized spacial score (nSPS) is 16.4. The largest absolute Gasteiger partial charge is 0.465 e. The minimum Gasteiger partial charge on any atom is -0.465 e. The Morgan fingerprint density at radius 2 is 2.10 bits per heavy atom. The van der Waals surface area contributed by atoms with Crippen LogP contribution in [0.3, 0.4) is 0 Å². The summed E-state index contributed by atoms with van der Waals surface area (Å²) in [5, 5.41) is 5.51. The van der Waals surface area contributed by atoms with Crippen molar-refractivity contribution in [1.82, 2.24) is 9.97 Å². The topological polar surface area (TPSA) is 122 Å². The van der Waals surface area contributed by atoms with Crippen molar-refractivity contribution < 1.29 is 23.9 Å². The van der Waals surface area contributed by atoms with E-state index in [1.165, 1.54) is 7.11 Å². The van der Waals surface area contributed by atoms with Gasteiger partial charge in [-0.3, -0.25) is 14.9 Å². The van der Waals surface area contributed by atoms with Crippen molar-refractivity contribution in [3.8, 4) is 11.3 Å².